The number of aromatic nitrogens is 2. The van der Waals surface area contributed by atoms with Gasteiger partial charge >= 0.3 is 0 Å². The van der Waals surface area contributed by atoms with Crippen molar-refractivity contribution in [3.63, 3.8) is 0 Å². The maximum Gasteiger partial charge on any atom is 0.245 e. The van der Waals surface area contributed by atoms with Gasteiger partial charge in [-0.2, -0.15) is 0 Å². The third-order valence-corrected chi connectivity index (χ3v) is 5.87. The number of hydrogen-bond acceptors (Lipinski definition) is 5. The lowest BCUT2D eigenvalue weighted by Gasteiger charge is -2.31. The van der Waals surface area contributed by atoms with Crippen molar-refractivity contribution in [1.82, 2.24) is 25.5 Å². The number of likely N-dealkylation sites (N-methyl/N-ethyl adjacent to an activating group) is 1. The topological polar surface area (TPSA) is 87.2 Å². The first kappa shape index (κ1) is 22.9. The van der Waals surface area contributed by atoms with Crippen LogP contribution in [0.2, 0.25) is 0 Å². The van der Waals surface area contributed by atoms with Gasteiger partial charge in [0.1, 0.15) is 6.04 Å². The molecule has 2 amide bonds. The van der Waals surface area contributed by atoms with E-state index in [9.17, 15) is 9.59 Å². The fourth-order valence-electron chi connectivity index (χ4n) is 3.91. The van der Waals surface area contributed by atoms with Gasteiger partial charge in [0.15, 0.2) is 0 Å². The molecule has 0 bridgehead atoms. The molecule has 1 saturated heterocycles. The summed E-state index contributed by atoms with van der Waals surface area (Å²) >= 11 is 0. The molecule has 7 heteroatoms. The Bertz CT molecular complexity index is 887. The van der Waals surface area contributed by atoms with E-state index in [0.717, 1.165) is 24.2 Å². The smallest absolute Gasteiger partial charge is 0.245 e. The van der Waals surface area contributed by atoms with E-state index in [2.05, 4.69) is 27.8 Å². The Morgan fingerprint density at radius 3 is 2.58 bits per heavy atom. The fourth-order valence-corrected chi connectivity index (χ4v) is 3.91. The quantitative estimate of drug-likeness (QED) is 0.681. The SMILES string of the molecule is CN[C@@H](C)C(=O)N[C@H](C(=O)N1CCC[C@H]1c1cncc(Cc2ccccc2)n1)C(C)C. The summed E-state index contributed by atoms with van der Waals surface area (Å²) in [4.78, 5) is 37.0. The van der Waals surface area contributed by atoms with E-state index in [4.69, 9.17) is 4.98 Å². The van der Waals surface area contributed by atoms with Gasteiger partial charge in [0.2, 0.25) is 11.8 Å². The Balaban J connectivity index is 1.77. The third kappa shape index (κ3) is 5.67. The first-order valence-corrected chi connectivity index (χ1v) is 11.0. The molecule has 31 heavy (non-hydrogen) atoms. The second kappa shape index (κ2) is 10.5. The predicted octanol–water partition coefficient (Wildman–Crippen LogP) is 2.48. The lowest BCUT2D eigenvalue weighted by molar-refractivity contribution is -0.139. The van der Waals surface area contributed by atoms with Gasteiger partial charge in [0, 0.05) is 19.2 Å². The van der Waals surface area contributed by atoms with E-state index in [-0.39, 0.29) is 29.8 Å². The molecule has 1 fully saturated rings. The minimum atomic E-state index is -0.565. The summed E-state index contributed by atoms with van der Waals surface area (Å²) in [6, 6.07) is 9.13. The van der Waals surface area contributed by atoms with Crippen molar-refractivity contribution in [3.8, 4) is 0 Å². The highest BCUT2D eigenvalue weighted by atomic mass is 16.2. The Morgan fingerprint density at radius 1 is 1.16 bits per heavy atom. The number of rotatable bonds is 8. The molecule has 1 aromatic carbocycles. The summed E-state index contributed by atoms with van der Waals surface area (Å²) in [5.41, 5.74) is 2.88. The number of nitrogens with one attached hydrogen (secondary N) is 2. The summed E-state index contributed by atoms with van der Waals surface area (Å²) in [6.07, 6.45) is 6.01. The van der Waals surface area contributed by atoms with E-state index >= 15 is 0 Å². The van der Waals surface area contributed by atoms with Crippen molar-refractivity contribution in [3.05, 3.63) is 59.7 Å². The van der Waals surface area contributed by atoms with Gasteiger partial charge in [-0.1, -0.05) is 44.2 Å². The van der Waals surface area contributed by atoms with Crippen LogP contribution in [0.3, 0.4) is 0 Å². The maximum atomic E-state index is 13.4. The molecule has 0 aliphatic carbocycles. The molecule has 3 rings (SSSR count). The Kier molecular flexibility index (Phi) is 7.74. The van der Waals surface area contributed by atoms with Gasteiger partial charge < -0.3 is 15.5 Å². The van der Waals surface area contributed by atoms with Crippen LogP contribution in [-0.2, 0) is 16.0 Å². The molecule has 2 N–H and O–H groups in total. The Labute approximate surface area is 184 Å². The van der Waals surface area contributed by atoms with Crippen molar-refractivity contribution >= 4 is 11.8 Å². The molecule has 166 valence electrons. The highest BCUT2D eigenvalue weighted by molar-refractivity contribution is 5.90. The first-order valence-electron chi connectivity index (χ1n) is 11.0. The van der Waals surface area contributed by atoms with Crippen LogP contribution in [0.4, 0.5) is 0 Å². The van der Waals surface area contributed by atoms with Gasteiger partial charge in [-0.05, 0) is 38.3 Å². The zero-order valence-corrected chi connectivity index (χ0v) is 18.8. The van der Waals surface area contributed by atoms with Gasteiger partial charge in [0.05, 0.1) is 29.7 Å². The number of hydrogen-bond donors (Lipinski definition) is 2. The number of nitrogens with zero attached hydrogens (tertiary/aromatic N) is 3. The number of carbonyl (C=O) groups excluding carboxylic acids is 2. The summed E-state index contributed by atoms with van der Waals surface area (Å²) in [5, 5.41) is 5.85. The van der Waals surface area contributed by atoms with Crippen LogP contribution >= 0.6 is 0 Å². The zero-order chi connectivity index (χ0) is 22.4. The van der Waals surface area contributed by atoms with Crippen LogP contribution in [0.1, 0.15) is 56.6 Å². The number of benzene rings is 1. The van der Waals surface area contributed by atoms with Crippen molar-refractivity contribution in [2.24, 2.45) is 5.92 Å². The van der Waals surface area contributed by atoms with Crippen molar-refractivity contribution in [1.29, 1.82) is 0 Å². The molecule has 1 aromatic heterocycles. The average Bonchev–Trinajstić information content (AvgIpc) is 3.27. The molecule has 1 aliphatic rings. The molecular weight excluding hydrogens is 390 g/mol. The lowest BCUT2D eigenvalue weighted by atomic mass is 10.0. The molecule has 0 spiro atoms. The van der Waals surface area contributed by atoms with Crippen molar-refractivity contribution in [2.45, 2.75) is 58.2 Å². The van der Waals surface area contributed by atoms with Crippen LogP contribution in [0.15, 0.2) is 42.7 Å². The lowest BCUT2D eigenvalue weighted by Crippen LogP contribution is -2.54. The predicted molar refractivity (Wildman–Crippen MR) is 120 cm³/mol. The molecule has 2 heterocycles. The summed E-state index contributed by atoms with van der Waals surface area (Å²) in [5.74, 6) is -0.239. The fraction of sp³-hybridized carbons (Fsp3) is 0.500. The van der Waals surface area contributed by atoms with Crippen LogP contribution < -0.4 is 10.6 Å². The standard InChI is InChI=1S/C24H33N5O2/c1-16(2)22(28-23(30)17(3)25-4)24(31)29-12-8-11-21(29)20-15-26-14-19(27-20)13-18-9-6-5-7-10-18/h5-7,9-10,14-17,21-22,25H,8,11-13H2,1-4H3,(H,28,30)/t17-,21-,22-/m0/s1. The second-order valence-electron chi connectivity index (χ2n) is 8.53. The van der Waals surface area contributed by atoms with Gasteiger partial charge in [-0.3, -0.25) is 19.6 Å². The number of carbonyl (C=O) groups is 2. The van der Waals surface area contributed by atoms with Crippen molar-refractivity contribution in [2.75, 3.05) is 13.6 Å². The van der Waals surface area contributed by atoms with E-state index in [1.54, 1.807) is 26.4 Å². The van der Waals surface area contributed by atoms with Gasteiger partial charge in [0.25, 0.3) is 0 Å². The van der Waals surface area contributed by atoms with E-state index in [0.29, 0.717) is 13.0 Å². The average molecular weight is 424 g/mol. The Morgan fingerprint density at radius 2 is 1.90 bits per heavy atom. The summed E-state index contributed by atoms with van der Waals surface area (Å²) in [6.45, 7) is 6.36. The largest absolute Gasteiger partial charge is 0.343 e. The van der Waals surface area contributed by atoms with Crippen molar-refractivity contribution < 1.29 is 9.59 Å². The van der Waals surface area contributed by atoms with E-state index in [1.807, 2.05) is 36.9 Å². The molecule has 0 saturated carbocycles. The molecule has 2 aromatic rings. The van der Waals surface area contributed by atoms with Crippen LogP contribution in [0.5, 0.6) is 0 Å². The van der Waals surface area contributed by atoms with Crippen LogP contribution in [0, 0.1) is 5.92 Å². The molecule has 0 radical (unpaired) electrons. The van der Waals surface area contributed by atoms with Gasteiger partial charge in [-0.25, -0.2) is 0 Å². The second-order valence-corrected chi connectivity index (χ2v) is 8.53. The minimum Gasteiger partial charge on any atom is -0.343 e. The van der Waals surface area contributed by atoms with Gasteiger partial charge in [-0.15, -0.1) is 0 Å². The highest BCUT2D eigenvalue weighted by Gasteiger charge is 2.37. The Hall–Kier alpha value is -2.80. The monoisotopic (exact) mass is 423 g/mol. The number of amides is 2. The molecule has 3 atom stereocenters. The third-order valence-electron chi connectivity index (χ3n) is 5.87. The normalized spacial score (nSPS) is 18.1. The van der Waals surface area contributed by atoms with Crippen LogP contribution in [-0.4, -0.2) is 52.4 Å². The molecule has 1 aliphatic heterocycles. The van der Waals surface area contributed by atoms with E-state index in [1.165, 1.54) is 5.56 Å². The highest BCUT2D eigenvalue weighted by Crippen LogP contribution is 2.32. The number of likely N-dealkylation sites (tertiary alicyclic amines) is 1. The first-order chi connectivity index (χ1) is 14.9. The minimum absolute atomic E-state index is 0.0164. The molecule has 0 unspecified atom stereocenters. The van der Waals surface area contributed by atoms with Crippen LogP contribution in [0.25, 0.3) is 0 Å². The maximum absolute atomic E-state index is 13.4. The van der Waals surface area contributed by atoms with E-state index < -0.39 is 6.04 Å². The zero-order valence-electron chi connectivity index (χ0n) is 18.8. The summed E-state index contributed by atoms with van der Waals surface area (Å²) in [7, 11) is 1.73. The molecular formula is C24H33N5O2. The molecule has 7 nitrogen and oxygen atoms in total. The summed E-state index contributed by atoms with van der Waals surface area (Å²) < 4.78 is 0.